The van der Waals surface area contributed by atoms with Gasteiger partial charge in [0.25, 0.3) is 5.91 Å². The SMILES string of the molecule is CNC(=O)Oc1c(C(=O)NN2CCCCC2)nn(-c2ccc(Cl)cc2Cl)c1-c1ccc(C(F)(F)F)cc1. The highest BCUT2D eigenvalue weighted by molar-refractivity contribution is 6.35. The van der Waals surface area contributed by atoms with Gasteiger partial charge in [0, 0.05) is 30.7 Å². The maximum absolute atomic E-state index is 13.3. The number of nitrogens with zero attached hydrogens (tertiary/aromatic N) is 3. The Morgan fingerprint density at radius 1 is 1.03 bits per heavy atom. The molecule has 0 unspecified atom stereocenters. The van der Waals surface area contributed by atoms with Crippen LogP contribution in [-0.2, 0) is 6.18 Å². The van der Waals surface area contributed by atoms with E-state index in [0.29, 0.717) is 18.1 Å². The van der Waals surface area contributed by atoms with Crippen molar-refractivity contribution in [3.63, 3.8) is 0 Å². The van der Waals surface area contributed by atoms with Gasteiger partial charge in [0.15, 0.2) is 11.4 Å². The third-order valence-electron chi connectivity index (χ3n) is 5.70. The van der Waals surface area contributed by atoms with Crippen molar-refractivity contribution >= 4 is 35.2 Å². The van der Waals surface area contributed by atoms with Crippen molar-refractivity contribution in [3.05, 3.63) is 63.8 Å². The standard InChI is InChI=1S/C24H22Cl2F3N5O3/c1-30-23(36)37-21-19(22(35)32-33-11-3-2-4-12-33)31-34(18-10-9-16(25)13-17(18)26)20(21)14-5-7-15(8-6-14)24(27,28)29/h5-10,13H,2-4,11-12H2,1H3,(H,30,36)(H,32,35). The third-order valence-corrected chi connectivity index (χ3v) is 6.23. The Morgan fingerprint density at radius 3 is 2.30 bits per heavy atom. The van der Waals surface area contributed by atoms with E-state index in [4.69, 9.17) is 27.9 Å². The molecule has 0 spiro atoms. The summed E-state index contributed by atoms with van der Waals surface area (Å²) in [6, 6.07) is 8.67. The number of piperidine rings is 1. The molecule has 0 bridgehead atoms. The molecule has 8 nitrogen and oxygen atoms in total. The van der Waals surface area contributed by atoms with Gasteiger partial charge in [0.2, 0.25) is 0 Å². The number of carbonyl (C=O) groups is 2. The van der Waals surface area contributed by atoms with E-state index >= 15 is 0 Å². The van der Waals surface area contributed by atoms with Gasteiger partial charge in [0.05, 0.1) is 16.3 Å². The van der Waals surface area contributed by atoms with Crippen LogP contribution in [0.3, 0.4) is 0 Å². The number of hydrogen-bond donors (Lipinski definition) is 2. The molecule has 0 atom stereocenters. The van der Waals surface area contributed by atoms with E-state index in [1.54, 1.807) is 5.01 Å². The molecule has 2 aromatic carbocycles. The number of hydrogen-bond acceptors (Lipinski definition) is 5. The van der Waals surface area contributed by atoms with Crippen LogP contribution in [0.25, 0.3) is 16.9 Å². The molecule has 1 saturated heterocycles. The fourth-order valence-corrected chi connectivity index (χ4v) is 4.38. The molecule has 1 aliphatic rings. The van der Waals surface area contributed by atoms with Crippen molar-refractivity contribution in [1.82, 2.24) is 25.5 Å². The molecule has 2 N–H and O–H groups in total. The van der Waals surface area contributed by atoms with Crippen LogP contribution in [0.1, 0.15) is 35.3 Å². The van der Waals surface area contributed by atoms with E-state index in [1.807, 2.05) is 0 Å². The van der Waals surface area contributed by atoms with Crippen molar-refractivity contribution < 1.29 is 27.5 Å². The number of nitrogens with one attached hydrogen (secondary N) is 2. The largest absolute Gasteiger partial charge is 0.416 e. The molecule has 1 aromatic heterocycles. The van der Waals surface area contributed by atoms with Crippen LogP contribution in [0.15, 0.2) is 42.5 Å². The molecule has 0 saturated carbocycles. The topological polar surface area (TPSA) is 88.5 Å². The van der Waals surface area contributed by atoms with Crippen LogP contribution in [0.2, 0.25) is 10.0 Å². The highest BCUT2D eigenvalue weighted by Gasteiger charge is 2.32. The van der Waals surface area contributed by atoms with Crippen molar-refractivity contribution in [1.29, 1.82) is 0 Å². The predicted octanol–water partition coefficient (Wildman–Crippen LogP) is 5.71. The molecule has 1 aliphatic heterocycles. The van der Waals surface area contributed by atoms with Crippen molar-refractivity contribution in [2.24, 2.45) is 0 Å². The number of ether oxygens (including phenoxy) is 1. The zero-order valence-corrected chi connectivity index (χ0v) is 21.0. The monoisotopic (exact) mass is 555 g/mol. The molecule has 4 rings (SSSR count). The molecule has 2 amide bonds. The van der Waals surface area contributed by atoms with E-state index in [0.717, 1.165) is 31.4 Å². The van der Waals surface area contributed by atoms with Crippen LogP contribution >= 0.6 is 23.2 Å². The normalized spacial score (nSPS) is 14.3. The van der Waals surface area contributed by atoms with Gasteiger partial charge >= 0.3 is 12.3 Å². The fourth-order valence-electron chi connectivity index (χ4n) is 3.89. The van der Waals surface area contributed by atoms with Crippen LogP contribution in [0.4, 0.5) is 18.0 Å². The number of amides is 2. The summed E-state index contributed by atoms with van der Waals surface area (Å²) in [5.41, 5.74) is 2.15. The average Bonchev–Trinajstić information content (AvgIpc) is 3.22. The quantitative estimate of drug-likeness (QED) is 0.420. The highest BCUT2D eigenvalue weighted by Crippen LogP contribution is 2.39. The first-order valence-corrected chi connectivity index (χ1v) is 12.1. The molecule has 0 aliphatic carbocycles. The van der Waals surface area contributed by atoms with E-state index < -0.39 is 23.7 Å². The lowest BCUT2D eigenvalue weighted by Crippen LogP contribution is -2.45. The Balaban J connectivity index is 1.90. The lowest BCUT2D eigenvalue weighted by atomic mass is 10.1. The molecule has 37 heavy (non-hydrogen) atoms. The summed E-state index contributed by atoms with van der Waals surface area (Å²) in [6.45, 7) is 1.26. The predicted molar refractivity (Wildman–Crippen MR) is 132 cm³/mol. The Kier molecular flexibility index (Phi) is 7.96. The number of alkyl halides is 3. The van der Waals surface area contributed by atoms with Gasteiger partial charge in [-0.2, -0.15) is 18.3 Å². The fraction of sp³-hybridized carbons (Fsp3) is 0.292. The first-order valence-electron chi connectivity index (χ1n) is 11.3. The molecule has 13 heteroatoms. The van der Waals surface area contributed by atoms with Gasteiger partial charge in [-0.3, -0.25) is 10.2 Å². The van der Waals surface area contributed by atoms with Gasteiger partial charge < -0.3 is 10.1 Å². The Labute approximate surface area is 220 Å². The summed E-state index contributed by atoms with van der Waals surface area (Å²) in [7, 11) is 1.33. The summed E-state index contributed by atoms with van der Waals surface area (Å²) in [5.74, 6) is -0.905. The van der Waals surface area contributed by atoms with Gasteiger partial charge in [-0.1, -0.05) is 41.8 Å². The number of halogens is 5. The first kappa shape index (κ1) is 26.8. The average molecular weight is 556 g/mol. The zero-order chi connectivity index (χ0) is 26.7. The van der Waals surface area contributed by atoms with Crippen molar-refractivity contribution in [2.75, 3.05) is 20.1 Å². The number of rotatable bonds is 5. The van der Waals surface area contributed by atoms with Crippen LogP contribution < -0.4 is 15.5 Å². The molecule has 2 heterocycles. The highest BCUT2D eigenvalue weighted by atomic mass is 35.5. The van der Waals surface area contributed by atoms with E-state index in [9.17, 15) is 22.8 Å². The Hall–Kier alpha value is -3.28. The summed E-state index contributed by atoms with van der Waals surface area (Å²) in [4.78, 5) is 25.6. The number of benzene rings is 2. The van der Waals surface area contributed by atoms with Crippen LogP contribution in [0, 0.1) is 0 Å². The summed E-state index contributed by atoms with van der Waals surface area (Å²) < 4.78 is 46.3. The molecule has 3 aromatic rings. The second kappa shape index (κ2) is 11.0. The van der Waals surface area contributed by atoms with Crippen LogP contribution in [0.5, 0.6) is 5.75 Å². The number of carbonyl (C=O) groups excluding carboxylic acids is 2. The Morgan fingerprint density at radius 2 is 1.70 bits per heavy atom. The lowest BCUT2D eigenvalue weighted by Gasteiger charge is -2.26. The number of hydrazine groups is 1. The molecular formula is C24H22Cl2F3N5O3. The minimum Gasteiger partial charge on any atom is -0.405 e. The van der Waals surface area contributed by atoms with Gasteiger partial charge in [0.1, 0.15) is 5.69 Å². The lowest BCUT2D eigenvalue weighted by molar-refractivity contribution is -0.137. The minimum absolute atomic E-state index is 0.0466. The molecular weight excluding hydrogens is 534 g/mol. The first-order chi connectivity index (χ1) is 17.6. The number of aromatic nitrogens is 2. The van der Waals surface area contributed by atoms with E-state index in [-0.39, 0.29) is 33.4 Å². The maximum atomic E-state index is 13.3. The smallest absolute Gasteiger partial charge is 0.405 e. The zero-order valence-electron chi connectivity index (χ0n) is 19.5. The van der Waals surface area contributed by atoms with Crippen LogP contribution in [-0.4, -0.2) is 46.9 Å². The van der Waals surface area contributed by atoms with Gasteiger partial charge in [-0.15, -0.1) is 0 Å². The molecule has 196 valence electrons. The van der Waals surface area contributed by atoms with Crippen molar-refractivity contribution in [3.8, 4) is 22.7 Å². The molecule has 1 fully saturated rings. The summed E-state index contributed by atoms with van der Waals surface area (Å²) in [5, 5.41) is 8.92. The second-order valence-electron chi connectivity index (χ2n) is 8.24. The van der Waals surface area contributed by atoms with Gasteiger partial charge in [-0.25, -0.2) is 14.5 Å². The summed E-state index contributed by atoms with van der Waals surface area (Å²) in [6.07, 6.45) is -2.62. The summed E-state index contributed by atoms with van der Waals surface area (Å²) >= 11 is 12.5. The van der Waals surface area contributed by atoms with E-state index in [2.05, 4.69) is 15.8 Å². The Bertz CT molecular complexity index is 1310. The van der Waals surface area contributed by atoms with Gasteiger partial charge in [-0.05, 0) is 43.2 Å². The minimum atomic E-state index is -4.56. The van der Waals surface area contributed by atoms with E-state index in [1.165, 1.54) is 42.1 Å². The van der Waals surface area contributed by atoms with Crippen molar-refractivity contribution in [2.45, 2.75) is 25.4 Å². The molecule has 0 radical (unpaired) electrons. The maximum Gasteiger partial charge on any atom is 0.416 e. The second-order valence-corrected chi connectivity index (χ2v) is 9.08. The third kappa shape index (κ3) is 6.00.